The van der Waals surface area contributed by atoms with E-state index in [2.05, 4.69) is 5.32 Å². The Bertz CT molecular complexity index is 1200. The van der Waals surface area contributed by atoms with E-state index in [1.165, 1.54) is 12.3 Å². The standard InChI is InChI=1S/C12H11ClN2O5S.C8H20O5P2S2/c13-9-5-10(15-6-7-2-1-3-20-7)8(12(16)17)4-11(9)21(14,18)19;1-5-9-14(16,10-6-2)13-15(17,11-7-3)12-8-4/h1-5,15H,6H2,(H,16,17)(H2,14,18,19);5-8H2,1-4H3. The van der Waals surface area contributed by atoms with Crippen LogP contribution in [-0.4, -0.2) is 45.9 Å². The Kier molecular flexibility index (Phi) is 15.1. The van der Waals surface area contributed by atoms with Crippen LogP contribution in [0.2, 0.25) is 5.02 Å². The van der Waals surface area contributed by atoms with Gasteiger partial charge < -0.3 is 32.9 Å². The molecule has 12 nitrogen and oxygen atoms in total. The average molecular weight is 653 g/mol. The fourth-order valence-electron chi connectivity index (χ4n) is 2.61. The van der Waals surface area contributed by atoms with Crippen molar-refractivity contribution >= 4 is 70.3 Å². The van der Waals surface area contributed by atoms with E-state index in [9.17, 15) is 13.2 Å². The quantitative estimate of drug-likeness (QED) is 0.207. The van der Waals surface area contributed by atoms with E-state index < -0.39 is 34.3 Å². The fourth-order valence-corrected chi connectivity index (χ4v) is 10.1. The number of carboxylic acid groups (broad SMARTS) is 1. The van der Waals surface area contributed by atoms with Gasteiger partial charge in [0.2, 0.25) is 10.0 Å². The number of primary sulfonamides is 1. The van der Waals surface area contributed by atoms with Gasteiger partial charge in [-0.1, -0.05) is 11.6 Å². The average Bonchev–Trinajstić information content (AvgIpc) is 3.31. The molecule has 2 aromatic rings. The molecular weight excluding hydrogens is 622 g/mol. The number of halogens is 1. The highest BCUT2D eigenvalue weighted by atomic mass is 35.5. The molecule has 0 spiro atoms. The van der Waals surface area contributed by atoms with E-state index in [-0.39, 0.29) is 22.8 Å². The Morgan fingerprint density at radius 3 is 1.92 bits per heavy atom. The lowest BCUT2D eigenvalue weighted by molar-refractivity contribution is 0.0697. The molecule has 2 rings (SSSR count). The summed E-state index contributed by atoms with van der Waals surface area (Å²) in [6, 6.07) is 5.51. The van der Waals surface area contributed by atoms with Gasteiger partial charge in [0.25, 0.3) is 0 Å². The molecule has 38 heavy (non-hydrogen) atoms. The molecule has 0 atom stereocenters. The van der Waals surface area contributed by atoms with Crippen molar-refractivity contribution in [2.24, 2.45) is 5.14 Å². The third kappa shape index (κ3) is 11.7. The van der Waals surface area contributed by atoms with Gasteiger partial charge in [-0.15, -0.1) is 0 Å². The number of hydrogen-bond donors (Lipinski definition) is 3. The number of furan rings is 1. The van der Waals surface area contributed by atoms with Crippen LogP contribution in [-0.2, 0) is 62.6 Å². The van der Waals surface area contributed by atoms with Crippen molar-refractivity contribution in [3.05, 3.63) is 46.9 Å². The maximum atomic E-state index is 11.3. The summed E-state index contributed by atoms with van der Waals surface area (Å²) < 4.78 is 54.7. The van der Waals surface area contributed by atoms with Crippen LogP contribution in [0.4, 0.5) is 5.69 Å². The number of benzene rings is 1. The number of sulfonamides is 1. The zero-order valence-corrected chi connectivity index (χ0v) is 26.1. The molecule has 0 aliphatic carbocycles. The van der Waals surface area contributed by atoms with Crippen molar-refractivity contribution in [1.29, 1.82) is 0 Å². The lowest BCUT2D eigenvalue weighted by Gasteiger charge is -2.27. The van der Waals surface area contributed by atoms with Crippen molar-refractivity contribution in [2.45, 2.75) is 39.1 Å². The largest absolute Gasteiger partial charge is 0.478 e. The normalized spacial score (nSPS) is 12.1. The minimum atomic E-state index is -4.11. The van der Waals surface area contributed by atoms with Gasteiger partial charge in [0, 0.05) is 0 Å². The Balaban J connectivity index is 0.000000391. The topological polar surface area (TPSA) is 169 Å². The Hall–Kier alpha value is -0.930. The number of rotatable bonds is 15. The summed E-state index contributed by atoms with van der Waals surface area (Å²) in [6.07, 6.45) is 1.48. The highest BCUT2D eigenvalue weighted by Gasteiger charge is 2.32. The molecule has 1 aromatic heterocycles. The molecule has 0 saturated heterocycles. The second-order valence-corrected chi connectivity index (χ2v) is 14.9. The molecule has 0 saturated carbocycles. The molecule has 4 N–H and O–H groups in total. The van der Waals surface area contributed by atoms with Crippen LogP contribution in [0.1, 0.15) is 43.8 Å². The molecule has 0 radical (unpaired) electrons. The molecule has 18 heteroatoms. The van der Waals surface area contributed by atoms with Crippen LogP contribution in [0.3, 0.4) is 0 Å². The third-order valence-electron chi connectivity index (χ3n) is 3.99. The number of nitrogens with one attached hydrogen (secondary N) is 1. The summed E-state index contributed by atoms with van der Waals surface area (Å²) in [4.78, 5) is 10.8. The second-order valence-electron chi connectivity index (χ2n) is 6.76. The first-order chi connectivity index (χ1) is 17.7. The number of carbonyl (C=O) groups is 1. The van der Waals surface area contributed by atoms with Crippen LogP contribution in [0.25, 0.3) is 0 Å². The number of hydrogen-bond acceptors (Lipinski definition) is 12. The predicted octanol–water partition coefficient (Wildman–Crippen LogP) is 5.49. The summed E-state index contributed by atoms with van der Waals surface area (Å²) in [6.45, 7) is 3.31. The van der Waals surface area contributed by atoms with E-state index in [4.69, 9.17) is 72.3 Å². The minimum Gasteiger partial charge on any atom is -0.478 e. The fraction of sp³-hybridized carbons (Fsp3) is 0.450. The van der Waals surface area contributed by atoms with Crippen LogP contribution in [0, 0.1) is 0 Å². The van der Waals surface area contributed by atoms with Crippen molar-refractivity contribution in [1.82, 2.24) is 0 Å². The van der Waals surface area contributed by atoms with Gasteiger partial charge in [0.1, 0.15) is 10.7 Å². The zero-order valence-electron chi connectivity index (χ0n) is 21.1. The predicted molar refractivity (Wildman–Crippen MR) is 152 cm³/mol. The van der Waals surface area contributed by atoms with Gasteiger partial charge in [-0.05, 0) is 75.6 Å². The molecular formula is C20H31ClN2O10P2S3. The highest BCUT2D eigenvalue weighted by Crippen LogP contribution is 2.66. The molecule has 0 aliphatic rings. The molecule has 1 aromatic carbocycles. The van der Waals surface area contributed by atoms with Crippen molar-refractivity contribution in [2.75, 3.05) is 31.7 Å². The first-order valence-electron chi connectivity index (χ1n) is 11.1. The first kappa shape index (κ1) is 35.1. The third-order valence-corrected chi connectivity index (χ3v) is 11.7. The van der Waals surface area contributed by atoms with Gasteiger partial charge in [-0.3, -0.25) is 0 Å². The summed E-state index contributed by atoms with van der Waals surface area (Å²) >= 11 is 16.3. The van der Waals surface area contributed by atoms with Gasteiger partial charge in [-0.2, -0.15) is 0 Å². The molecule has 0 amide bonds. The molecule has 0 bridgehead atoms. The molecule has 0 aliphatic heterocycles. The number of carboxylic acids is 1. The van der Waals surface area contributed by atoms with Gasteiger partial charge >= 0.3 is 19.4 Å². The minimum absolute atomic E-state index is 0.163. The van der Waals surface area contributed by atoms with Crippen LogP contribution < -0.4 is 10.5 Å². The molecule has 0 fully saturated rings. The molecule has 0 unspecified atom stereocenters. The maximum Gasteiger partial charge on any atom is 0.337 e. The maximum absolute atomic E-state index is 11.3. The van der Waals surface area contributed by atoms with Gasteiger partial charge in [-0.25, -0.2) is 22.7 Å². The lowest BCUT2D eigenvalue weighted by Crippen LogP contribution is -2.15. The van der Waals surface area contributed by atoms with E-state index in [0.29, 0.717) is 32.2 Å². The lowest BCUT2D eigenvalue weighted by atomic mass is 10.1. The van der Waals surface area contributed by atoms with Crippen molar-refractivity contribution in [3.8, 4) is 0 Å². The zero-order chi connectivity index (χ0) is 29.0. The summed E-state index contributed by atoms with van der Waals surface area (Å²) in [5.41, 5.74) is -0.0914. The van der Waals surface area contributed by atoms with Gasteiger partial charge in [0.05, 0.1) is 55.5 Å². The van der Waals surface area contributed by atoms with E-state index in [1.54, 1.807) is 12.1 Å². The van der Waals surface area contributed by atoms with E-state index in [0.717, 1.165) is 6.07 Å². The SMILES string of the molecule is CCOP(=S)(OCC)OP(=S)(OCC)OCC.NS(=O)(=O)c1cc(C(=O)O)c(NCc2ccco2)cc1Cl. The number of aromatic carboxylic acids is 1. The Morgan fingerprint density at radius 2 is 1.55 bits per heavy atom. The number of anilines is 1. The molecule has 1 heterocycles. The summed E-state index contributed by atoms with van der Waals surface area (Å²) in [5, 5.41) is 16.8. The highest BCUT2D eigenvalue weighted by molar-refractivity contribution is 8.14. The van der Waals surface area contributed by atoms with Crippen LogP contribution in [0.5, 0.6) is 0 Å². The summed E-state index contributed by atoms with van der Waals surface area (Å²) in [7, 11) is -4.11. The van der Waals surface area contributed by atoms with E-state index in [1.807, 2.05) is 27.7 Å². The monoisotopic (exact) mass is 652 g/mol. The first-order valence-corrected chi connectivity index (χ1v) is 18.1. The molecule has 216 valence electrons. The second kappa shape index (κ2) is 16.4. The smallest absolute Gasteiger partial charge is 0.337 e. The Labute approximate surface area is 237 Å². The Morgan fingerprint density at radius 1 is 1.05 bits per heavy atom. The van der Waals surface area contributed by atoms with Crippen molar-refractivity contribution < 1.29 is 45.1 Å². The van der Waals surface area contributed by atoms with E-state index >= 15 is 0 Å². The van der Waals surface area contributed by atoms with Gasteiger partial charge in [0.15, 0.2) is 0 Å². The van der Waals surface area contributed by atoms with Crippen molar-refractivity contribution in [3.63, 3.8) is 0 Å². The number of nitrogens with two attached hydrogens (primary N) is 1. The van der Waals surface area contributed by atoms with Crippen LogP contribution >= 0.6 is 25.0 Å². The van der Waals surface area contributed by atoms with Crippen LogP contribution in [0.15, 0.2) is 39.8 Å². The summed E-state index contributed by atoms with van der Waals surface area (Å²) in [5.74, 6) is -0.725.